The molecular weight excluding hydrogens is 264 g/mol. The van der Waals surface area contributed by atoms with E-state index in [4.69, 9.17) is 0 Å². The van der Waals surface area contributed by atoms with Gasteiger partial charge in [0.2, 0.25) is 0 Å². The van der Waals surface area contributed by atoms with Crippen LogP contribution in [0.1, 0.15) is 37.8 Å². The topological polar surface area (TPSA) is 17.1 Å². The van der Waals surface area contributed by atoms with Gasteiger partial charge in [-0.2, -0.15) is 0 Å². The standard InChI is InChI=1S/C18H18OS/c1-4-12-9-10-13(11(2)3)16-17(19)14-7-5-6-8-15(14)20-18(12)16/h5-11H,4H2,1-3H3. The predicted molar refractivity (Wildman–Crippen MR) is 89.1 cm³/mol. The summed E-state index contributed by atoms with van der Waals surface area (Å²) in [6.07, 6.45) is 0.961. The minimum Gasteiger partial charge on any atom is -0.288 e. The molecule has 0 aliphatic rings. The van der Waals surface area contributed by atoms with E-state index in [1.165, 1.54) is 15.8 Å². The molecule has 102 valence electrons. The van der Waals surface area contributed by atoms with Gasteiger partial charge in [0.15, 0.2) is 5.43 Å². The van der Waals surface area contributed by atoms with Crippen molar-refractivity contribution < 1.29 is 0 Å². The highest BCUT2D eigenvalue weighted by Crippen LogP contribution is 2.32. The van der Waals surface area contributed by atoms with E-state index in [9.17, 15) is 4.79 Å². The third kappa shape index (κ3) is 1.95. The molecule has 0 amide bonds. The predicted octanol–water partition coefficient (Wildman–Crippen LogP) is 5.10. The van der Waals surface area contributed by atoms with Crippen molar-refractivity contribution in [2.24, 2.45) is 0 Å². The van der Waals surface area contributed by atoms with Gasteiger partial charge in [0.05, 0.1) is 0 Å². The van der Waals surface area contributed by atoms with Crippen LogP contribution in [0.5, 0.6) is 0 Å². The van der Waals surface area contributed by atoms with Crippen LogP contribution >= 0.6 is 11.3 Å². The van der Waals surface area contributed by atoms with Crippen LogP contribution in [-0.2, 0) is 6.42 Å². The van der Waals surface area contributed by atoms with Crippen molar-refractivity contribution in [1.29, 1.82) is 0 Å². The Morgan fingerprint density at radius 3 is 2.55 bits per heavy atom. The molecule has 0 saturated carbocycles. The van der Waals surface area contributed by atoms with Gasteiger partial charge in [0.1, 0.15) is 0 Å². The Labute approximate surface area is 122 Å². The zero-order chi connectivity index (χ0) is 14.3. The number of aryl methyl sites for hydroxylation is 1. The summed E-state index contributed by atoms with van der Waals surface area (Å²) < 4.78 is 2.25. The minimum absolute atomic E-state index is 0.188. The largest absolute Gasteiger partial charge is 0.288 e. The molecule has 0 saturated heterocycles. The van der Waals surface area contributed by atoms with E-state index in [0.717, 1.165) is 21.9 Å². The molecule has 2 heteroatoms. The second-order valence-corrected chi connectivity index (χ2v) is 6.51. The summed E-state index contributed by atoms with van der Waals surface area (Å²) in [4.78, 5) is 12.9. The summed E-state index contributed by atoms with van der Waals surface area (Å²) in [5.74, 6) is 0.365. The van der Waals surface area contributed by atoms with Crippen molar-refractivity contribution in [3.8, 4) is 0 Å². The van der Waals surface area contributed by atoms with E-state index in [2.05, 4.69) is 32.9 Å². The van der Waals surface area contributed by atoms with Crippen LogP contribution in [0.25, 0.3) is 20.2 Å². The van der Waals surface area contributed by atoms with Crippen LogP contribution in [0.4, 0.5) is 0 Å². The molecule has 3 aromatic rings. The highest BCUT2D eigenvalue weighted by Gasteiger charge is 2.14. The van der Waals surface area contributed by atoms with Gasteiger partial charge in [-0.15, -0.1) is 11.3 Å². The second kappa shape index (κ2) is 5.02. The van der Waals surface area contributed by atoms with E-state index < -0.39 is 0 Å². The van der Waals surface area contributed by atoms with Crippen LogP contribution in [0.3, 0.4) is 0 Å². The third-order valence-corrected chi connectivity index (χ3v) is 5.09. The molecule has 0 aliphatic heterocycles. The molecule has 0 bridgehead atoms. The fraction of sp³-hybridized carbons (Fsp3) is 0.278. The van der Waals surface area contributed by atoms with E-state index in [0.29, 0.717) is 5.92 Å². The molecule has 0 aliphatic carbocycles. The van der Waals surface area contributed by atoms with Crippen molar-refractivity contribution in [2.75, 3.05) is 0 Å². The molecule has 0 N–H and O–H groups in total. The number of rotatable bonds is 2. The fourth-order valence-corrected chi connectivity index (χ4v) is 4.03. The monoisotopic (exact) mass is 282 g/mol. The van der Waals surface area contributed by atoms with Gasteiger partial charge in [-0.05, 0) is 35.6 Å². The highest BCUT2D eigenvalue weighted by atomic mass is 32.1. The smallest absolute Gasteiger partial charge is 0.196 e. The van der Waals surface area contributed by atoms with Gasteiger partial charge in [-0.3, -0.25) is 4.79 Å². The van der Waals surface area contributed by atoms with Crippen LogP contribution in [0, 0.1) is 0 Å². The fourth-order valence-electron chi connectivity index (χ4n) is 2.74. The summed E-state index contributed by atoms with van der Waals surface area (Å²) in [6.45, 7) is 6.45. The molecule has 1 aromatic heterocycles. The lowest BCUT2D eigenvalue weighted by atomic mass is 9.96. The van der Waals surface area contributed by atoms with Gasteiger partial charge in [-0.1, -0.05) is 45.0 Å². The molecule has 20 heavy (non-hydrogen) atoms. The lowest BCUT2D eigenvalue weighted by molar-refractivity contribution is 0.875. The second-order valence-electron chi connectivity index (χ2n) is 5.45. The van der Waals surface area contributed by atoms with Crippen molar-refractivity contribution in [2.45, 2.75) is 33.1 Å². The quantitative estimate of drug-likeness (QED) is 0.598. The molecular formula is C18H18OS. The van der Waals surface area contributed by atoms with Gasteiger partial charge in [0, 0.05) is 20.2 Å². The maximum atomic E-state index is 12.9. The SMILES string of the molecule is CCc1ccc(C(C)C)c2c(=O)c3ccccc3sc12. The van der Waals surface area contributed by atoms with Gasteiger partial charge in [-0.25, -0.2) is 0 Å². The maximum absolute atomic E-state index is 12.9. The van der Waals surface area contributed by atoms with E-state index in [1.807, 2.05) is 24.3 Å². The summed E-state index contributed by atoms with van der Waals surface area (Å²) in [7, 11) is 0. The molecule has 3 rings (SSSR count). The Balaban J connectivity index is 2.59. The zero-order valence-electron chi connectivity index (χ0n) is 12.1. The lowest BCUT2D eigenvalue weighted by Crippen LogP contribution is -2.06. The number of hydrogen-bond donors (Lipinski definition) is 0. The maximum Gasteiger partial charge on any atom is 0.196 e. The average molecular weight is 282 g/mol. The number of hydrogen-bond acceptors (Lipinski definition) is 2. The van der Waals surface area contributed by atoms with E-state index in [1.54, 1.807) is 11.3 Å². The highest BCUT2D eigenvalue weighted by molar-refractivity contribution is 7.24. The van der Waals surface area contributed by atoms with Crippen molar-refractivity contribution in [3.05, 3.63) is 57.7 Å². The Morgan fingerprint density at radius 2 is 1.85 bits per heavy atom. The van der Waals surface area contributed by atoms with Crippen molar-refractivity contribution in [3.63, 3.8) is 0 Å². The van der Waals surface area contributed by atoms with Crippen LogP contribution in [0.2, 0.25) is 0 Å². The van der Waals surface area contributed by atoms with Gasteiger partial charge < -0.3 is 0 Å². The van der Waals surface area contributed by atoms with E-state index in [-0.39, 0.29) is 5.43 Å². The molecule has 1 heterocycles. The summed E-state index contributed by atoms with van der Waals surface area (Å²) in [5, 5.41) is 1.78. The number of fused-ring (bicyclic) bond motifs is 2. The summed E-state index contributed by atoms with van der Waals surface area (Å²) >= 11 is 1.75. The lowest BCUT2D eigenvalue weighted by Gasteiger charge is -2.13. The molecule has 1 nitrogen and oxygen atoms in total. The first-order chi connectivity index (χ1) is 9.63. The molecule has 2 aromatic carbocycles. The van der Waals surface area contributed by atoms with Gasteiger partial charge >= 0.3 is 0 Å². The Hall–Kier alpha value is -1.67. The Morgan fingerprint density at radius 1 is 1.10 bits per heavy atom. The Kier molecular flexibility index (Phi) is 3.35. The van der Waals surface area contributed by atoms with Crippen molar-refractivity contribution in [1.82, 2.24) is 0 Å². The van der Waals surface area contributed by atoms with Crippen LogP contribution in [0.15, 0.2) is 41.2 Å². The molecule has 0 atom stereocenters. The van der Waals surface area contributed by atoms with Gasteiger partial charge in [0.25, 0.3) is 0 Å². The average Bonchev–Trinajstić information content (AvgIpc) is 2.46. The summed E-state index contributed by atoms with van der Waals surface area (Å²) in [6, 6.07) is 12.2. The minimum atomic E-state index is 0.188. The number of benzene rings is 2. The zero-order valence-corrected chi connectivity index (χ0v) is 12.9. The van der Waals surface area contributed by atoms with Crippen LogP contribution < -0.4 is 5.43 Å². The third-order valence-electron chi connectivity index (χ3n) is 3.85. The molecule has 0 fully saturated rings. The normalized spacial score (nSPS) is 11.6. The first-order valence-corrected chi connectivity index (χ1v) is 7.92. The van der Waals surface area contributed by atoms with E-state index >= 15 is 0 Å². The first kappa shape index (κ1) is 13.3. The molecule has 0 radical (unpaired) electrons. The first-order valence-electron chi connectivity index (χ1n) is 7.10. The summed E-state index contributed by atoms with van der Waals surface area (Å²) in [5.41, 5.74) is 2.63. The Bertz CT molecular complexity index is 843. The van der Waals surface area contributed by atoms with Crippen molar-refractivity contribution >= 4 is 31.5 Å². The van der Waals surface area contributed by atoms with Crippen LogP contribution in [-0.4, -0.2) is 0 Å². The molecule has 0 unspecified atom stereocenters. The molecule has 0 spiro atoms.